The van der Waals surface area contributed by atoms with Crippen molar-refractivity contribution in [3.8, 4) is 22.4 Å². The fourth-order valence-corrected chi connectivity index (χ4v) is 3.42. The van der Waals surface area contributed by atoms with E-state index in [9.17, 15) is 0 Å². The van der Waals surface area contributed by atoms with E-state index in [0.717, 1.165) is 11.2 Å². The summed E-state index contributed by atoms with van der Waals surface area (Å²) in [5, 5.41) is 1.23. The molecule has 0 unspecified atom stereocenters. The van der Waals surface area contributed by atoms with Crippen molar-refractivity contribution >= 4 is 10.9 Å². The lowest BCUT2D eigenvalue weighted by Crippen LogP contribution is -1.94. The summed E-state index contributed by atoms with van der Waals surface area (Å²) >= 11 is 0. The van der Waals surface area contributed by atoms with Crippen LogP contribution in [-0.4, -0.2) is 4.98 Å². The molecule has 1 heterocycles. The Morgan fingerprint density at radius 3 is 2.08 bits per heavy atom. The molecule has 0 aliphatic rings. The van der Waals surface area contributed by atoms with Crippen LogP contribution in [0.5, 0.6) is 0 Å². The van der Waals surface area contributed by atoms with Gasteiger partial charge in [-0.3, -0.25) is 0 Å². The number of nitrogens with zero attached hydrogens (tertiary/aromatic N) is 1. The topological polar surface area (TPSA) is 12.9 Å². The summed E-state index contributed by atoms with van der Waals surface area (Å²) in [5.74, 6) is 0. The third-order valence-electron chi connectivity index (χ3n) is 4.95. The van der Waals surface area contributed by atoms with Crippen LogP contribution in [0.4, 0.5) is 0 Å². The molecule has 0 radical (unpaired) electrons. The van der Waals surface area contributed by atoms with E-state index in [1.54, 1.807) is 0 Å². The molecule has 0 saturated heterocycles. The highest BCUT2D eigenvalue weighted by Gasteiger charge is 2.11. The average molecular weight is 323 g/mol. The number of rotatable bonds is 2. The summed E-state index contributed by atoms with van der Waals surface area (Å²) in [4.78, 5) is 4.96. The summed E-state index contributed by atoms with van der Waals surface area (Å²) in [6.07, 6.45) is 0. The van der Waals surface area contributed by atoms with E-state index in [0.29, 0.717) is 0 Å². The fraction of sp³-hybridized carbons (Fsp3) is 0.125. The summed E-state index contributed by atoms with van der Waals surface area (Å²) < 4.78 is 0. The van der Waals surface area contributed by atoms with Crippen molar-refractivity contribution in [1.82, 2.24) is 4.98 Å². The second kappa shape index (κ2) is 6.18. The maximum atomic E-state index is 4.96. The molecule has 0 aliphatic heterocycles. The Morgan fingerprint density at radius 2 is 1.28 bits per heavy atom. The van der Waals surface area contributed by atoms with Gasteiger partial charge in [-0.05, 0) is 55.2 Å². The number of fused-ring (bicyclic) bond motifs is 1. The lowest BCUT2D eigenvalue weighted by molar-refractivity contribution is 1.28. The first kappa shape index (κ1) is 15.6. The van der Waals surface area contributed by atoms with Crippen LogP contribution < -0.4 is 0 Å². The molecule has 3 aromatic carbocycles. The Labute approximate surface area is 149 Å². The van der Waals surface area contributed by atoms with E-state index in [2.05, 4.69) is 93.6 Å². The normalized spacial score (nSPS) is 11.0. The standard InChI is InChI=1S/C24H21N/c1-16-8-6-9-19(14-16)20-10-7-11-21(15-20)24-18(3)17(2)22-12-4-5-13-23(22)25-24/h4-15H,1-3H3. The van der Waals surface area contributed by atoms with Gasteiger partial charge in [-0.25, -0.2) is 4.98 Å². The summed E-state index contributed by atoms with van der Waals surface area (Å²) in [6.45, 7) is 6.49. The number of aromatic nitrogens is 1. The van der Waals surface area contributed by atoms with E-state index in [1.807, 2.05) is 0 Å². The molecular formula is C24H21N. The van der Waals surface area contributed by atoms with E-state index < -0.39 is 0 Å². The van der Waals surface area contributed by atoms with Crippen LogP contribution in [0.1, 0.15) is 16.7 Å². The van der Waals surface area contributed by atoms with E-state index in [-0.39, 0.29) is 0 Å². The first-order valence-electron chi connectivity index (χ1n) is 8.67. The Bertz CT molecular complexity index is 1080. The van der Waals surface area contributed by atoms with Crippen LogP contribution in [0.2, 0.25) is 0 Å². The molecule has 0 spiro atoms. The number of para-hydroxylation sites is 1. The zero-order chi connectivity index (χ0) is 17.4. The lowest BCUT2D eigenvalue weighted by atomic mass is 9.96. The van der Waals surface area contributed by atoms with E-state index in [4.69, 9.17) is 4.98 Å². The highest BCUT2D eigenvalue weighted by atomic mass is 14.7. The minimum atomic E-state index is 1.06. The molecular weight excluding hydrogens is 302 g/mol. The minimum absolute atomic E-state index is 1.06. The van der Waals surface area contributed by atoms with Gasteiger partial charge in [0, 0.05) is 10.9 Å². The molecule has 122 valence electrons. The van der Waals surface area contributed by atoms with Crippen LogP contribution >= 0.6 is 0 Å². The predicted molar refractivity (Wildman–Crippen MR) is 107 cm³/mol. The Hall–Kier alpha value is -2.93. The molecule has 1 aromatic heterocycles. The molecule has 1 nitrogen and oxygen atoms in total. The van der Waals surface area contributed by atoms with Gasteiger partial charge >= 0.3 is 0 Å². The molecule has 0 saturated carbocycles. The molecule has 0 atom stereocenters. The number of benzene rings is 3. The molecule has 0 aliphatic carbocycles. The second-order valence-corrected chi connectivity index (χ2v) is 6.68. The van der Waals surface area contributed by atoms with Gasteiger partial charge in [-0.2, -0.15) is 0 Å². The first-order chi connectivity index (χ1) is 12.1. The average Bonchev–Trinajstić information content (AvgIpc) is 2.65. The number of hydrogen-bond acceptors (Lipinski definition) is 1. The van der Waals surface area contributed by atoms with Gasteiger partial charge in [0.2, 0.25) is 0 Å². The number of pyridine rings is 1. The number of hydrogen-bond donors (Lipinski definition) is 0. The van der Waals surface area contributed by atoms with Crippen LogP contribution in [0.15, 0.2) is 72.8 Å². The van der Waals surface area contributed by atoms with Crippen molar-refractivity contribution in [2.24, 2.45) is 0 Å². The monoisotopic (exact) mass is 323 g/mol. The van der Waals surface area contributed by atoms with Gasteiger partial charge in [0.05, 0.1) is 11.2 Å². The van der Waals surface area contributed by atoms with Crippen LogP contribution in [0.3, 0.4) is 0 Å². The lowest BCUT2D eigenvalue weighted by Gasteiger charge is -2.13. The Kier molecular flexibility index (Phi) is 3.85. The van der Waals surface area contributed by atoms with Gasteiger partial charge in [-0.1, -0.05) is 66.2 Å². The molecule has 0 amide bonds. The highest BCUT2D eigenvalue weighted by molar-refractivity contribution is 5.87. The summed E-state index contributed by atoms with van der Waals surface area (Å²) in [6, 6.07) is 25.7. The maximum Gasteiger partial charge on any atom is 0.0741 e. The van der Waals surface area contributed by atoms with Gasteiger partial charge in [0.1, 0.15) is 0 Å². The Morgan fingerprint density at radius 1 is 0.600 bits per heavy atom. The van der Waals surface area contributed by atoms with E-state index >= 15 is 0 Å². The zero-order valence-corrected chi connectivity index (χ0v) is 14.9. The maximum absolute atomic E-state index is 4.96. The molecule has 0 N–H and O–H groups in total. The SMILES string of the molecule is Cc1cccc(-c2cccc(-c3nc4ccccc4c(C)c3C)c2)c1. The van der Waals surface area contributed by atoms with E-state index in [1.165, 1.54) is 38.8 Å². The first-order valence-corrected chi connectivity index (χ1v) is 8.67. The third kappa shape index (κ3) is 2.83. The van der Waals surface area contributed by atoms with Gasteiger partial charge in [0.15, 0.2) is 0 Å². The van der Waals surface area contributed by atoms with Gasteiger partial charge < -0.3 is 0 Å². The van der Waals surface area contributed by atoms with Crippen LogP contribution in [-0.2, 0) is 0 Å². The molecule has 4 rings (SSSR count). The van der Waals surface area contributed by atoms with Crippen molar-refractivity contribution in [2.75, 3.05) is 0 Å². The van der Waals surface area contributed by atoms with Crippen molar-refractivity contribution < 1.29 is 0 Å². The van der Waals surface area contributed by atoms with Crippen LogP contribution in [0.25, 0.3) is 33.3 Å². The van der Waals surface area contributed by atoms with Crippen molar-refractivity contribution in [3.05, 3.63) is 89.5 Å². The van der Waals surface area contributed by atoms with Crippen molar-refractivity contribution in [2.45, 2.75) is 20.8 Å². The molecule has 25 heavy (non-hydrogen) atoms. The zero-order valence-electron chi connectivity index (χ0n) is 14.9. The molecule has 0 fully saturated rings. The summed E-state index contributed by atoms with van der Waals surface area (Å²) in [7, 11) is 0. The summed E-state index contributed by atoms with van der Waals surface area (Å²) in [5.41, 5.74) is 9.61. The van der Waals surface area contributed by atoms with Crippen LogP contribution in [0, 0.1) is 20.8 Å². The molecule has 0 bridgehead atoms. The molecule has 4 aromatic rings. The minimum Gasteiger partial charge on any atom is -0.247 e. The highest BCUT2D eigenvalue weighted by Crippen LogP contribution is 2.31. The second-order valence-electron chi connectivity index (χ2n) is 6.68. The molecule has 1 heteroatoms. The predicted octanol–water partition coefficient (Wildman–Crippen LogP) is 6.49. The smallest absolute Gasteiger partial charge is 0.0741 e. The van der Waals surface area contributed by atoms with Crippen molar-refractivity contribution in [1.29, 1.82) is 0 Å². The van der Waals surface area contributed by atoms with Gasteiger partial charge in [0.25, 0.3) is 0 Å². The number of aryl methyl sites for hydroxylation is 2. The Balaban J connectivity index is 1.90. The fourth-order valence-electron chi connectivity index (χ4n) is 3.42. The largest absolute Gasteiger partial charge is 0.247 e. The quantitative estimate of drug-likeness (QED) is 0.410. The van der Waals surface area contributed by atoms with Gasteiger partial charge in [-0.15, -0.1) is 0 Å². The third-order valence-corrected chi connectivity index (χ3v) is 4.95. The van der Waals surface area contributed by atoms with Crippen molar-refractivity contribution in [3.63, 3.8) is 0 Å².